The van der Waals surface area contributed by atoms with Crippen molar-refractivity contribution in [1.82, 2.24) is 0 Å². The van der Waals surface area contributed by atoms with E-state index in [1.165, 1.54) is 64.0 Å². The van der Waals surface area contributed by atoms with Crippen LogP contribution in [0.5, 0.6) is 0 Å². The molecule has 1 aromatic heterocycles. The van der Waals surface area contributed by atoms with E-state index in [1.807, 2.05) is 11.3 Å². The van der Waals surface area contributed by atoms with Crippen molar-refractivity contribution < 1.29 is 0 Å². The minimum absolute atomic E-state index is 1.12. The first-order chi connectivity index (χ1) is 22.8. The van der Waals surface area contributed by atoms with Crippen LogP contribution in [-0.4, -0.2) is 0 Å². The standard InChI is InChI=1S/C44H29NS/c1-2-11-30(12-3-1)31-21-25-34(26-22-31)45(42-19-8-6-16-38(42)37-18-10-14-32-13-4-5-15-36(32)37)35-27-23-33-24-28-40-39-17-7-9-20-43(39)46-44(40)41(33)29-35/h1-29H. The second-order valence-electron chi connectivity index (χ2n) is 11.7. The van der Waals surface area contributed by atoms with Crippen LogP contribution >= 0.6 is 11.3 Å². The molecule has 0 saturated heterocycles. The average molecular weight is 604 g/mol. The highest BCUT2D eigenvalue weighted by molar-refractivity contribution is 7.26. The van der Waals surface area contributed by atoms with E-state index in [9.17, 15) is 0 Å². The van der Waals surface area contributed by atoms with Crippen LogP contribution in [0.1, 0.15) is 0 Å². The van der Waals surface area contributed by atoms with Gasteiger partial charge in [0.25, 0.3) is 0 Å². The third-order valence-electron chi connectivity index (χ3n) is 9.06. The first-order valence-corrected chi connectivity index (χ1v) is 16.5. The summed E-state index contributed by atoms with van der Waals surface area (Å²) in [5.74, 6) is 0. The van der Waals surface area contributed by atoms with Crippen molar-refractivity contribution in [3.8, 4) is 22.3 Å². The van der Waals surface area contributed by atoms with Crippen molar-refractivity contribution in [3.05, 3.63) is 176 Å². The normalized spacial score (nSPS) is 11.5. The van der Waals surface area contributed by atoms with Crippen molar-refractivity contribution in [2.45, 2.75) is 0 Å². The van der Waals surface area contributed by atoms with E-state index in [4.69, 9.17) is 0 Å². The molecule has 0 aliphatic rings. The Bertz CT molecular complexity index is 2520. The number of benzene rings is 8. The SMILES string of the molecule is c1ccc(-c2ccc(N(c3ccc4ccc5c6ccccc6sc5c4c3)c3ccccc3-c3cccc4ccccc34)cc2)cc1. The number of fused-ring (bicyclic) bond motifs is 6. The Kier molecular flexibility index (Phi) is 6.40. The third-order valence-corrected chi connectivity index (χ3v) is 10.3. The summed E-state index contributed by atoms with van der Waals surface area (Å²) in [4.78, 5) is 2.43. The van der Waals surface area contributed by atoms with E-state index >= 15 is 0 Å². The van der Waals surface area contributed by atoms with E-state index in [2.05, 4.69) is 181 Å². The van der Waals surface area contributed by atoms with Crippen molar-refractivity contribution >= 4 is 70.1 Å². The number of rotatable bonds is 5. The van der Waals surface area contributed by atoms with Gasteiger partial charge in [0.1, 0.15) is 0 Å². The first kappa shape index (κ1) is 26.7. The van der Waals surface area contributed by atoms with Gasteiger partial charge in [-0.1, -0.05) is 140 Å². The Morgan fingerprint density at radius 3 is 1.89 bits per heavy atom. The molecule has 216 valence electrons. The molecule has 1 nitrogen and oxygen atoms in total. The molecule has 1 heterocycles. The monoisotopic (exact) mass is 603 g/mol. The number of para-hydroxylation sites is 1. The predicted octanol–water partition coefficient (Wildman–Crippen LogP) is 13.2. The van der Waals surface area contributed by atoms with Crippen molar-refractivity contribution in [3.63, 3.8) is 0 Å². The zero-order chi connectivity index (χ0) is 30.5. The Morgan fingerprint density at radius 2 is 1.00 bits per heavy atom. The fraction of sp³-hybridized carbons (Fsp3) is 0. The maximum Gasteiger partial charge on any atom is 0.0540 e. The van der Waals surface area contributed by atoms with Crippen molar-refractivity contribution in [2.24, 2.45) is 0 Å². The Labute approximate surface area is 272 Å². The number of hydrogen-bond donors (Lipinski definition) is 0. The summed E-state index contributed by atoms with van der Waals surface area (Å²) in [6.45, 7) is 0. The molecule has 0 saturated carbocycles. The molecule has 0 bridgehead atoms. The summed E-state index contributed by atoms with van der Waals surface area (Å²) >= 11 is 1.89. The molecule has 46 heavy (non-hydrogen) atoms. The molecule has 9 aromatic rings. The van der Waals surface area contributed by atoms with Crippen LogP contribution in [0.4, 0.5) is 17.1 Å². The van der Waals surface area contributed by atoms with E-state index in [1.54, 1.807) is 0 Å². The number of anilines is 3. The zero-order valence-corrected chi connectivity index (χ0v) is 25.9. The van der Waals surface area contributed by atoms with Crippen molar-refractivity contribution in [1.29, 1.82) is 0 Å². The summed E-state index contributed by atoms with van der Waals surface area (Å²) in [6, 6.07) is 63.9. The molecule has 0 radical (unpaired) electrons. The maximum atomic E-state index is 2.43. The summed E-state index contributed by atoms with van der Waals surface area (Å²) in [7, 11) is 0. The molecular formula is C44H29NS. The van der Waals surface area contributed by atoms with Gasteiger partial charge in [-0.05, 0) is 69.2 Å². The second-order valence-corrected chi connectivity index (χ2v) is 12.8. The Balaban J connectivity index is 1.29. The molecule has 0 spiro atoms. The fourth-order valence-corrected chi connectivity index (χ4v) is 8.08. The van der Waals surface area contributed by atoms with Gasteiger partial charge in [0, 0.05) is 42.5 Å². The summed E-state index contributed by atoms with van der Waals surface area (Å²) in [5.41, 5.74) is 8.26. The molecule has 0 aliphatic carbocycles. The lowest BCUT2D eigenvalue weighted by Gasteiger charge is -2.28. The van der Waals surface area contributed by atoms with Gasteiger partial charge in [-0.3, -0.25) is 0 Å². The van der Waals surface area contributed by atoms with Crippen LogP contribution in [0, 0.1) is 0 Å². The molecule has 0 amide bonds. The molecule has 8 aromatic carbocycles. The van der Waals surface area contributed by atoms with Crippen LogP contribution in [0.2, 0.25) is 0 Å². The average Bonchev–Trinajstić information content (AvgIpc) is 3.52. The largest absolute Gasteiger partial charge is 0.310 e. The van der Waals surface area contributed by atoms with Crippen LogP contribution in [0.3, 0.4) is 0 Å². The fourth-order valence-electron chi connectivity index (χ4n) is 6.85. The molecule has 0 unspecified atom stereocenters. The summed E-state index contributed by atoms with van der Waals surface area (Å²) < 4.78 is 2.66. The van der Waals surface area contributed by atoms with Gasteiger partial charge in [-0.25, -0.2) is 0 Å². The topological polar surface area (TPSA) is 3.24 Å². The van der Waals surface area contributed by atoms with Gasteiger partial charge in [-0.2, -0.15) is 0 Å². The molecule has 0 atom stereocenters. The molecule has 0 N–H and O–H groups in total. The maximum absolute atomic E-state index is 2.43. The van der Waals surface area contributed by atoms with Crippen LogP contribution in [0.25, 0.3) is 64.0 Å². The Morgan fingerprint density at radius 1 is 0.370 bits per heavy atom. The second kappa shape index (κ2) is 11.0. The van der Waals surface area contributed by atoms with Crippen LogP contribution in [-0.2, 0) is 0 Å². The third kappa shape index (κ3) is 4.46. The molecule has 0 fully saturated rings. The lowest BCUT2D eigenvalue weighted by Crippen LogP contribution is -2.11. The first-order valence-electron chi connectivity index (χ1n) is 15.7. The molecule has 9 rings (SSSR count). The van der Waals surface area contributed by atoms with Gasteiger partial charge < -0.3 is 4.90 Å². The number of hydrogen-bond acceptors (Lipinski definition) is 2. The molecule has 2 heteroatoms. The van der Waals surface area contributed by atoms with Gasteiger partial charge in [0.2, 0.25) is 0 Å². The number of nitrogens with zero attached hydrogens (tertiary/aromatic N) is 1. The van der Waals surface area contributed by atoms with Gasteiger partial charge in [-0.15, -0.1) is 11.3 Å². The Hall–Kier alpha value is -5.70. The van der Waals surface area contributed by atoms with E-state index < -0.39 is 0 Å². The highest BCUT2D eigenvalue weighted by atomic mass is 32.1. The van der Waals surface area contributed by atoms with Gasteiger partial charge in [0.15, 0.2) is 0 Å². The van der Waals surface area contributed by atoms with E-state index in [0.29, 0.717) is 0 Å². The quantitative estimate of drug-likeness (QED) is 0.189. The minimum Gasteiger partial charge on any atom is -0.310 e. The highest BCUT2D eigenvalue weighted by Crippen LogP contribution is 2.45. The van der Waals surface area contributed by atoms with Crippen LogP contribution < -0.4 is 4.90 Å². The molecular weight excluding hydrogens is 575 g/mol. The van der Waals surface area contributed by atoms with E-state index in [-0.39, 0.29) is 0 Å². The predicted molar refractivity (Wildman–Crippen MR) is 200 cm³/mol. The lowest BCUT2D eigenvalue weighted by molar-refractivity contribution is 1.29. The lowest BCUT2D eigenvalue weighted by atomic mass is 9.96. The minimum atomic E-state index is 1.12. The van der Waals surface area contributed by atoms with Gasteiger partial charge >= 0.3 is 0 Å². The van der Waals surface area contributed by atoms with Crippen molar-refractivity contribution in [2.75, 3.05) is 4.90 Å². The smallest absolute Gasteiger partial charge is 0.0540 e. The van der Waals surface area contributed by atoms with Gasteiger partial charge in [0.05, 0.1) is 5.69 Å². The summed E-state index contributed by atoms with van der Waals surface area (Å²) in [6.07, 6.45) is 0. The molecule has 0 aliphatic heterocycles. The number of thiophene rings is 1. The summed E-state index contributed by atoms with van der Waals surface area (Å²) in [5, 5.41) is 7.67. The van der Waals surface area contributed by atoms with E-state index in [0.717, 1.165) is 17.1 Å². The highest BCUT2D eigenvalue weighted by Gasteiger charge is 2.19. The van der Waals surface area contributed by atoms with Crippen LogP contribution in [0.15, 0.2) is 176 Å². The zero-order valence-electron chi connectivity index (χ0n) is 25.1.